The lowest BCUT2D eigenvalue weighted by molar-refractivity contribution is 0.828. The quantitative estimate of drug-likeness (QED) is 0.534. The van der Waals surface area contributed by atoms with Crippen LogP contribution in [0.5, 0.6) is 0 Å². The van der Waals surface area contributed by atoms with Crippen molar-refractivity contribution in [2.45, 2.75) is 13.8 Å². The van der Waals surface area contributed by atoms with Crippen LogP contribution in [0.3, 0.4) is 0 Å². The molecule has 0 fully saturated rings. The van der Waals surface area contributed by atoms with Gasteiger partial charge in [-0.1, -0.05) is 47.7 Å². The molecule has 22 heavy (non-hydrogen) atoms. The minimum Gasteiger partial charge on any atom is -0.218 e. The van der Waals surface area contributed by atoms with Crippen molar-refractivity contribution in [3.05, 3.63) is 66.0 Å². The number of rotatable bonds is 2. The maximum atomic E-state index is 4.71. The van der Waals surface area contributed by atoms with Crippen LogP contribution in [0.25, 0.3) is 26.5 Å². The van der Waals surface area contributed by atoms with Crippen LogP contribution in [-0.2, 0) is 0 Å². The standard InChI is InChI=1S/C18H15N3S/c1-12-10-13(2)21(20-12)18-19-16-9-8-15(11-17(16)22-18)14-6-4-3-5-7-14/h3-11H,1-2H3. The van der Waals surface area contributed by atoms with Crippen molar-refractivity contribution < 1.29 is 0 Å². The zero-order valence-corrected chi connectivity index (χ0v) is 13.3. The summed E-state index contributed by atoms with van der Waals surface area (Å²) in [5.41, 5.74) is 5.59. The lowest BCUT2D eigenvalue weighted by Gasteiger charge is -2.00. The molecular weight excluding hydrogens is 290 g/mol. The zero-order chi connectivity index (χ0) is 15.1. The van der Waals surface area contributed by atoms with Gasteiger partial charge >= 0.3 is 0 Å². The van der Waals surface area contributed by atoms with Gasteiger partial charge in [0.15, 0.2) is 0 Å². The second-order valence-electron chi connectivity index (χ2n) is 5.38. The van der Waals surface area contributed by atoms with Gasteiger partial charge in [0.2, 0.25) is 5.13 Å². The summed E-state index contributed by atoms with van der Waals surface area (Å²) in [6.45, 7) is 4.06. The van der Waals surface area contributed by atoms with Crippen LogP contribution in [0.15, 0.2) is 54.6 Å². The van der Waals surface area contributed by atoms with Crippen molar-refractivity contribution in [1.29, 1.82) is 0 Å². The van der Waals surface area contributed by atoms with Gasteiger partial charge in [0.05, 0.1) is 15.9 Å². The highest BCUT2D eigenvalue weighted by molar-refractivity contribution is 7.20. The maximum Gasteiger partial charge on any atom is 0.211 e. The molecule has 3 nitrogen and oxygen atoms in total. The Balaban J connectivity index is 1.83. The normalized spacial score (nSPS) is 11.2. The van der Waals surface area contributed by atoms with Crippen molar-refractivity contribution in [1.82, 2.24) is 14.8 Å². The summed E-state index contributed by atoms with van der Waals surface area (Å²) in [4.78, 5) is 4.71. The molecule has 4 aromatic rings. The van der Waals surface area contributed by atoms with Gasteiger partial charge in [-0.3, -0.25) is 0 Å². The average molecular weight is 305 g/mol. The first-order chi connectivity index (χ1) is 10.7. The molecule has 0 spiro atoms. The molecule has 0 aliphatic carbocycles. The van der Waals surface area contributed by atoms with Crippen LogP contribution in [0.2, 0.25) is 0 Å². The third-order valence-corrected chi connectivity index (χ3v) is 4.67. The van der Waals surface area contributed by atoms with Gasteiger partial charge in [-0.25, -0.2) is 9.67 Å². The molecule has 0 radical (unpaired) electrons. The van der Waals surface area contributed by atoms with Crippen LogP contribution >= 0.6 is 11.3 Å². The first-order valence-electron chi connectivity index (χ1n) is 7.20. The number of thiazole rings is 1. The molecule has 4 heteroatoms. The summed E-state index contributed by atoms with van der Waals surface area (Å²) < 4.78 is 3.10. The molecule has 0 unspecified atom stereocenters. The third kappa shape index (κ3) is 2.22. The summed E-state index contributed by atoms with van der Waals surface area (Å²) >= 11 is 1.68. The molecule has 2 aromatic carbocycles. The molecule has 4 rings (SSSR count). The van der Waals surface area contributed by atoms with Gasteiger partial charge in [0.1, 0.15) is 0 Å². The number of hydrogen-bond acceptors (Lipinski definition) is 3. The Hall–Kier alpha value is -2.46. The predicted octanol–water partition coefficient (Wildman–Crippen LogP) is 4.77. The fourth-order valence-corrected chi connectivity index (χ4v) is 3.65. The van der Waals surface area contributed by atoms with Crippen LogP contribution in [-0.4, -0.2) is 14.8 Å². The van der Waals surface area contributed by atoms with Gasteiger partial charge in [-0.15, -0.1) is 0 Å². The highest BCUT2D eigenvalue weighted by atomic mass is 32.1. The molecule has 0 amide bonds. The second kappa shape index (κ2) is 5.07. The van der Waals surface area contributed by atoms with Crippen molar-refractivity contribution in [3.8, 4) is 16.3 Å². The molecular formula is C18H15N3S. The molecule has 0 aliphatic rings. The summed E-state index contributed by atoms with van der Waals surface area (Å²) in [5, 5.41) is 5.44. The number of aryl methyl sites for hydroxylation is 2. The predicted molar refractivity (Wildman–Crippen MR) is 91.7 cm³/mol. The van der Waals surface area contributed by atoms with Gasteiger partial charge in [0.25, 0.3) is 0 Å². The molecule has 0 saturated heterocycles. The summed E-state index contributed by atoms with van der Waals surface area (Å²) in [6.07, 6.45) is 0. The van der Waals surface area contributed by atoms with Gasteiger partial charge < -0.3 is 0 Å². The van der Waals surface area contributed by atoms with E-state index >= 15 is 0 Å². The highest BCUT2D eigenvalue weighted by Gasteiger charge is 2.10. The second-order valence-corrected chi connectivity index (χ2v) is 6.39. The van der Waals surface area contributed by atoms with Crippen LogP contribution in [0.4, 0.5) is 0 Å². The Morgan fingerprint density at radius 2 is 1.73 bits per heavy atom. The Morgan fingerprint density at radius 1 is 0.909 bits per heavy atom. The lowest BCUT2D eigenvalue weighted by atomic mass is 10.1. The number of aromatic nitrogens is 3. The van der Waals surface area contributed by atoms with Crippen molar-refractivity contribution in [2.24, 2.45) is 0 Å². The summed E-state index contributed by atoms with van der Waals surface area (Å²) in [7, 11) is 0. The topological polar surface area (TPSA) is 30.7 Å². The molecule has 2 aromatic heterocycles. The van der Waals surface area contributed by atoms with Crippen molar-refractivity contribution in [2.75, 3.05) is 0 Å². The van der Waals surface area contributed by atoms with Gasteiger partial charge in [-0.2, -0.15) is 5.10 Å². The number of benzene rings is 2. The molecule has 0 saturated carbocycles. The van der Waals surface area contributed by atoms with E-state index in [-0.39, 0.29) is 0 Å². The number of hydrogen-bond donors (Lipinski definition) is 0. The van der Waals surface area contributed by atoms with E-state index in [1.54, 1.807) is 11.3 Å². The van der Waals surface area contributed by atoms with E-state index < -0.39 is 0 Å². The Bertz CT molecular complexity index is 951. The smallest absolute Gasteiger partial charge is 0.211 e. The zero-order valence-electron chi connectivity index (χ0n) is 12.4. The molecule has 108 valence electrons. The first kappa shape index (κ1) is 13.2. The fourth-order valence-electron chi connectivity index (χ4n) is 2.64. The Morgan fingerprint density at radius 3 is 2.45 bits per heavy atom. The third-order valence-electron chi connectivity index (χ3n) is 3.68. The van der Waals surface area contributed by atoms with Crippen LogP contribution < -0.4 is 0 Å². The first-order valence-corrected chi connectivity index (χ1v) is 8.02. The van der Waals surface area contributed by atoms with E-state index in [0.717, 1.165) is 22.0 Å². The minimum absolute atomic E-state index is 0.922. The van der Waals surface area contributed by atoms with E-state index in [4.69, 9.17) is 4.98 Å². The Labute approximate surface area is 132 Å². The lowest BCUT2D eigenvalue weighted by Crippen LogP contribution is -1.97. The minimum atomic E-state index is 0.922. The SMILES string of the molecule is Cc1cc(C)n(-c2nc3ccc(-c4ccccc4)cc3s2)n1. The molecule has 0 atom stereocenters. The van der Waals surface area contributed by atoms with E-state index in [1.165, 1.54) is 15.8 Å². The van der Waals surface area contributed by atoms with E-state index in [2.05, 4.69) is 60.6 Å². The average Bonchev–Trinajstić information content (AvgIpc) is 3.09. The molecule has 0 N–H and O–H groups in total. The largest absolute Gasteiger partial charge is 0.218 e. The number of nitrogens with zero attached hydrogens (tertiary/aromatic N) is 3. The molecule has 2 heterocycles. The van der Waals surface area contributed by atoms with Crippen molar-refractivity contribution in [3.63, 3.8) is 0 Å². The summed E-state index contributed by atoms with van der Waals surface area (Å²) in [5.74, 6) is 0. The van der Waals surface area contributed by atoms with Crippen LogP contribution in [0, 0.1) is 13.8 Å². The fraction of sp³-hybridized carbons (Fsp3) is 0.111. The Kier molecular flexibility index (Phi) is 3.05. The van der Waals surface area contributed by atoms with Crippen LogP contribution in [0.1, 0.15) is 11.4 Å². The number of fused-ring (bicyclic) bond motifs is 1. The van der Waals surface area contributed by atoms with E-state index in [9.17, 15) is 0 Å². The monoisotopic (exact) mass is 305 g/mol. The molecule has 0 bridgehead atoms. The maximum absolute atomic E-state index is 4.71. The van der Waals surface area contributed by atoms with Gasteiger partial charge in [-0.05, 0) is 43.2 Å². The highest BCUT2D eigenvalue weighted by Crippen LogP contribution is 2.30. The summed E-state index contributed by atoms with van der Waals surface area (Å²) in [6, 6.07) is 18.9. The van der Waals surface area contributed by atoms with E-state index in [1.807, 2.05) is 17.7 Å². The van der Waals surface area contributed by atoms with Gasteiger partial charge in [0, 0.05) is 5.69 Å². The van der Waals surface area contributed by atoms with E-state index in [0.29, 0.717) is 0 Å². The molecule has 0 aliphatic heterocycles. The van der Waals surface area contributed by atoms with Crippen molar-refractivity contribution >= 4 is 21.6 Å².